The molecular formula is C9H23N2NaO11P2. The molecule has 0 saturated heterocycles. The van der Waals surface area contributed by atoms with Gasteiger partial charge >= 0.3 is 45.4 Å². The molecule has 13 N–H and O–H groups in total. The summed E-state index contributed by atoms with van der Waals surface area (Å²) in [6.45, 7) is 0. The second-order valence-electron chi connectivity index (χ2n) is 3.73. The quantitative estimate of drug-likeness (QED) is 0.239. The first kappa shape index (κ1) is 35.8. The Bertz CT molecular complexity index is 645. The Labute approximate surface area is 164 Å². The van der Waals surface area contributed by atoms with Gasteiger partial charge in [-0.25, -0.2) is 4.98 Å². The fourth-order valence-corrected chi connectivity index (χ4v) is 1.87. The SMILES string of the molecule is O.O.O.O.O=P(O)(O)C(O)Cc1cnc2ccccn12.O=[PH](O)O.[NaH]. The first-order valence-electron chi connectivity index (χ1n) is 5.28. The van der Waals surface area contributed by atoms with Gasteiger partial charge in [0.2, 0.25) is 0 Å². The van der Waals surface area contributed by atoms with Gasteiger partial charge in [-0.15, -0.1) is 0 Å². The summed E-state index contributed by atoms with van der Waals surface area (Å²) in [7, 11) is -7.59. The zero-order valence-corrected chi connectivity index (χ0v) is 14.0. The molecule has 0 bridgehead atoms. The van der Waals surface area contributed by atoms with E-state index < -0.39 is 21.7 Å². The summed E-state index contributed by atoms with van der Waals surface area (Å²) < 4.78 is 21.2. The van der Waals surface area contributed by atoms with Crippen molar-refractivity contribution in [3.8, 4) is 0 Å². The van der Waals surface area contributed by atoms with Gasteiger partial charge in [0, 0.05) is 24.5 Å². The van der Waals surface area contributed by atoms with Gasteiger partial charge in [0.15, 0.2) is 5.85 Å². The van der Waals surface area contributed by atoms with Crippen molar-refractivity contribution in [2.75, 3.05) is 0 Å². The van der Waals surface area contributed by atoms with Crippen molar-refractivity contribution >= 4 is 51.1 Å². The van der Waals surface area contributed by atoms with Gasteiger partial charge in [0.05, 0.1) is 0 Å². The molecule has 0 radical (unpaired) electrons. The number of aliphatic hydroxyl groups is 1. The standard InChI is InChI=1S/C9H11N2O4P.Na.H3O3P.4H2O.H/c12-9(16(13,14)15)5-7-6-10-8-3-1-2-4-11(7)8;;1-4(2)3;;;;;/h1-4,6,9,12H,5H2,(H2,13,14,15);;4H,(H2,1,2,3);4*1H2;. The number of hydrogen-bond donors (Lipinski definition) is 5. The molecule has 0 aliphatic heterocycles. The summed E-state index contributed by atoms with van der Waals surface area (Å²) in [6, 6.07) is 5.36. The first-order chi connectivity index (χ1) is 9.21. The van der Waals surface area contributed by atoms with E-state index in [4.69, 9.17) is 24.1 Å². The van der Waals surface area contributed by atoms with E-state index in [-0.39, 0.29) is 57.9 Å². The molecule has 146 valence electrons. The van der Waals surface area contributed by atoms with Crippen molar-refractivity contribution in [3.05, 3.63) is 36.3 Å². The summed E-state index contributed by atoms with van der Waals surface area (Å²) >= 11 is 0. The third-order valence-corrected chi connectivity index (χ3v) is 3.23. The van der Waals surface area contributed by atoms with Crippen LogP contribution in [0.4, 0.5) is 0 Å². The zero-order valence-electron chi connectivity index (χ0n) is 12.1. The monoisotopic (exact) mass is 420 g/mol. The second kappa shape index (κ2) is 16.0. The van der Waals surface area contributed by atoms with Gasteiger partial charge < -0.3 is 51.0 Å². The number of rotatable bonds is 3. The molecule has 0 aliphatic carbocycles. The average Bonchev–Trinajstić information content (AvgIpc) is 2.71. The Morgan fingerprint density at radius 2 is 1.64 bits per heavy atom. The molecule has 0 spiro atoms. The van der Waals surface area contributed by atoms with Gasteiger partial charge in [-0.2, -0.15) is 0 Å². The predicted octanol–water partition coefficient (Wildman–Crippen LogP) is -4.21. The molecule has 1 unspecified atom stereocenters. The second-order valence-corrected chi connectivity index (χ2v) is 6.07. The van der Waals surface area contributed by atoms with E-state index in [0.717, 1.165) is 0 Å². The molecule has 2 aromatic rings. The van der Waals surface area contributed by atoms with Crippen molar-refractivity contribution in [3.63, 3.8) is 0 Å². The van der Waals surface area contributed by atoms with Crippen molar-refractivity contribution in [1.29, 1.82) is 0 Å². The van der Waals surface area contributed by atoms with Crippen LogP contribution in [-0.2, 0) is 15.6 Å². The molecule has 13 nitrogen and oxygen atoms in total. The van der Waals surface area contributed by atoms with Crippen molar-refractivity contribution in [1.82, 2.24) is 9.38 Å². The van der Waals surface area contributed by atoms with Crippen molar-refractivity contribution in [2.24, 2.45) is 0 Å². The molecular weight excluding hydrogens is 397 g/mol. The molecule has 0 saturated carbocycles. The van der Waals surface area contributed by atoms with Crippen molar-refractivity contribution < 1.29 is 55.7 Å². The summed E-state index contributed by atoms with van der Waals surface area (Å²) in [5.41, 5.74) is 1.24. The van der Waals surface area contributed by atoms with Crippen LogP contribution >= 0.6 is 15.9 Å². The average molecular weight is 420 g/mol. The zero-order chi connectivity index (χ0) is 15.3. The maximum absolute atomic E-state index is 10.8. The number of fused-ring (bicyclic) bond motifs is 1. The molecule has 0 amide bonds. The number of nitrogens with zero attached hydrogens (tertiary/aromatic N) is 2. The molecule has 2 aromatic heterocycles. The topological polar surface area (TPSA) is 279 Å². The van der Waals surface area contributed by atoms with E-state index in [9.17, 15) is 9.67 Å². The Morgan fingerprint density at radius 1 is 1.16 bits per heavy atom. The molecule has 0 aromatic carbocycles. The molecule has 25 heavy (non-hydrogen) atoms. The van der Waals surface area contributed by atoms with E-state index in [0.29, 0.717) is 11.3 Å². The van der Waals surface area contributed by atoms with E-state index in [2.05, 4.69) is 4.98 Å². The molecule has 0 fully saturated rings. The van der Waals surface area contributed by atoms with Crippen LogP contribution in [0.1, 0.15) is 5.69 Å². The molecule has 0 aliphatic rings. The third kappa shape index (κ3) is 12.7. The summed E-state index contributed by atoms with van der Waals surface area (Å²) in [5.74, 6) is -1.69. The number of aromatic nitrogens is 2. The van der Waals surface area contributed by atoms with Crippen LogP contribution in [0.5, 0.6) is 0 Å². The normalized spacial score (nSPS) is 10.5. The molecule has 2 rings (SSSR count). The first-order valence-corrected chi connectivity index (χ1v) is 8.26. The van der Waals surface area contributed by atoms with Crippen LogP contribution in [0, 0.1) is 0 Å². The maximum atomic E-state index is 10.8. The summed E-state index contributed by atoms with van der Waals surface area (Å²) in [6.07, 6.45) is 3.09. The fourth-order valence-electron chi connectivity index (χ4n) is 1.44. The van der Waals surface area contributed by atoms with Gasteiger partial charge in [-0.05, 0) is 12.1 Å². The summed E-state index contributed by atoms with van der Waals surface area (Å²) in [5, 5.41) is 9.31. The van der Waals surface area contributed by atoms with E-state index in [1.807, 2.05) is 6.07 Å². The van der Waals surface area contributed by atoms with Crippen LogP contribution in [0.3, 0.4) is 0 Å². The van der Waals surface area contributed by atoms with E-state index in [1.54, 1.807) is 22.7 Å². The van der Waals surface area contributed by atoms with Crippen LogP contribution < -0.4 is 0 Å². The molecule has 16 heteroatoms. The molecule has 1 atom stereocenters. The Kier molecular flexibility index (Phi) is 22.9. The van der Waals surface area contributed by atoms with Crippen LogP contribution in [0.15, 0.2) is 30.6 Å². The Morgan fingerprint density at radius 3 is 2.08 bits per heavy atom. The minimum atomic E-state index is -4.46. The Hall–Kier alpha value is -0.210. The number of aliphatic hydroxyl groups excluding tert-OH is 1. The van der Waals surface area contributed by atoms with Crippen LogP contribution in [-0.4, -0.2) is 91.4 Å². The fraction of sp³-hybridized carbons (Fsp3) is 0.222. The number of imidazole rings is 1. The van der Waals surface area contributed by atoms with E-state index >= 15 is 0 Å². The molecule has 2 heterocycles. The number of hydrogen-bond acceptors (Lipinski definition) is 4. The van der Waals surface area contributed by atoms with Crippen LogP contribution in [0.2, 0.25) is 0 Å². The van der Waals surface area contributed by atoms with Crippen molar-refractivity contribution in [2.45, 2.75) is 12.3 Å². The van der Waals surface area contributed by atoms with Gasteiger partial charge in [0.25, 0.3) is 0 Å². The minimum absolute atomic E-state index is 0. The van der Waals surface area contributed by atoms with Crippen LogP contribution in [0.25, 0.3) is 5.65 Å². The number of pyridine rings is 1. The predicted molar refractivity (Wildman–Crippen MR) is 92.0 cm³/mol. The summed E-state index contributed by atoms with van der Waals surface area (Å²) in [4.78, 5) is 35.9. The third-order valence-electron chi connectivity index (χ3n) is 2.27. The van der Waals surface area contributed by atoms with Gasteiger partial charge in [0.1, 0.15) is 5.65 Å². The van der Waals surface area contributed by atoms with Gasteiger partial charge in [-0.1, -0.05) is 6.07 Å². The Balaban J connectivity index is -0.000000135. The van der Waals surface area contributed by atoms with E-state index in [1.165, 1.54) is 6.20 Å². The van der Waals surface area contributed by atoms with Gasteiger partial charge in [-0.3, -0.25) is 9.13 Å².